The Bertz CT molecular complexity index is 620. The molecule has 0 saturated heterocycles. The second kappa shape index (κ2) is 5.06. The van der Waals surface area contributed by atoms with Gasteiger partial charge in [-0.2, -0.15) is 13.2 Å². The number of H-pyrrole nitrogens is 1. The van der Waals surface area contributed by atoms with Crippen LogP contribution in [0.3, 0.4) is 0 Å². The third-order valence-corrected chi connectivity index (χ3v) is 4.49. The summed E-state index contributed by atoms with van der Waals surface area (Å²) in [5.41, 5.74) is 1.50. The first-order valence-electron chi connectivity index (χ1n) is 6.67. The molecule has 108 valence electrons. The van der Waals surface area contributed by atoms with Gasteiger partial charge >= 0.3 is 6.18 Å². The summed E-state index contributed by atoms with van der Waals surface area (Å²) < 4.78 is 40.3. The third-order valence-electron chi connectivity index (χ3n) is 4.00. The molecular weight excluding hydrogens is 333 g/mol. The van der Waals surface area contributed by atoms with Crippen LogP contribution in [-0.4, -0.2) is 16.1 Å². The van der Waals surface area contributed by atoms with Crippen LogP contribution in [0.5, 0.6) is 0 Å². The lowest BCUT2D eigenvalue weighted by Gasteiger charge is -2.31. The molecule has 1 N–H and O–H groups in total. The monoisotopic (exact) mass is 346 g/mol. The number of hydrogen-bond acceptors (Lipinski definition) is 1. The second-order valence-corrected chi connectivity index (χ2v) is 6.24. The van der Waals surface area contributed by atoms with Gasteiger partial charge in [0.2, 0.25) is 0 Å². The molecule has 2 atom stereocenters. The van der Waals surface area contributed by atoms with Crippen LogP contribution >= 0.6 is 15.9 Å². The van der Waals surface area contributed by atoms with E-state index in [-0.39, 0.29) is 6.42 Å². The first-order valence-corrected chi connectivity index (χ1v) is 7.46. The van der Waals surface area contributed by atoms with E-state index in [2.05, 4.69) is 25.9 Å². The predicted molar refractivity (Wildman–Crippen MR) is 74.5 cm³/mol. The maximum Gasteiger partial charge on any atom is 0.392 e. The maximum absolute atomic E-state index is 13.1. The van der Waals surface area contributed by atoms with Gasteiger partial charge in [-0.25, -0.2) is 4.98 Å². The lowest BCUT2D eigenvalue weighted by molar-refractivity contribution is -0.187. The van der Waals surface area contributed by atoms with Gasteiger partial charge in [-0.15, -0.1) is 0 Å². The van der Waals surface area contributed by atoms with E-state index in [1.807, 2.05) is 18.2 Å². The number of aromatic nitrogens is 2. The van der Waals surface area contributed by atoms with E-state index >= 15 is 0 Å². The summed E-state index contributed by atoms with van der Waals surface area (Å²) in [7, 11) is 0. The number of halogens is 4. The van der Waals surface area contributed by atoms with E-state index in [0.717, 1.165) is 21.9 Å². The van der Waals surface area contributed by atoms with Crippen molar-refractivity contribution < 1.29 is 13.2 Å². The summed E-state index contributed by atoms with van der Waals surface area (Å²) in [6.07, 6.45) is -1.92. The standard InChI is InChI=1S/C14H14BrF3N2/c15-8-5-6-11-12(7-8)20-13(19-11)9-3-1-2-4-10(9)14(16,17)18/h5-7,9-10H,1-4H2,(H,19,20). The molecule has 1 aliphatic rings. The number of aromatic amines is 1. The number of hydrogen-bond donors (Lipinski definition) is 1. The summed E-state index contributed by atoms with van der Waals surface area (Å²) in [5, 5.41) is 0. The molecule has 6 heteroatoms. The largest absolute Gasteiger partial charge is 0.392 e. The number of nitrogens with one attached hydrogen (secondary N) is 1. The van der Waals surface area contributed by atoms with Crippen molar-refractivity contribution in [2.24, 2.45) is 5.92 Å². The average molecular weight is 347 g/mol. The van der Waals surface area contributed by atoms with Crippen LogP contribution in [0.15, 0.2) is 22.7 Å². The number of nitrogens with zero attached hydrogens (tertiary/aromatic N) is 1. The van der Waals surface area contributed by atoms with Gasteiger partial charge in [0.1, 0.15) is 5.82 Å². The maximum atomic E-state index is 13.1. The minimum absolute atomic E-state index is 0.203. The summed E-state index contributed by atoms with van der Waals surface area (Å²) in [4.78, 5) is 7.43. The van der Waals surface area contributed by atoms with E-state index in [4.69, 9.17) is 0 Å². The van der Waals surface area contributed by atoms with Crippen molar-refractivity contribution in [1.29, 1.82) is 0 Å². The third kappa shape index (κ3) is 2.57. The molecule has 0 bridgehead atoms. The van der Waals surface area contributed by atoms with Crippen LogP contribution in [0, 0.1) is 5.92 Å². The van der Waals surface area contributed by atoms with E-state index < -0.39 is 18.0 Å². The number of rotatable bonds is 1. The molecule has 1 aromatic carbocycles. The summed E-state index contributed by atoms with van der Waals surface area (Å²) >= 11 is 3.35. The highest BCUT2D eigenvalue weighted by molar-refractivity contribution is 9.10. The lowest BCUT2D eigenvalue weighted by atomic mass is 9.78. The Labute approximate surface area is 122 Å². The molecule has 2 unspecified atom stereocenters. The van der Waals surface area contributed by atoms with Crippen molar-refractivity contribution in [2.45, 2.75) is 37.8 Å². The molecule has 3 rings (SSSR count). The van der Waals surface area contributed by atoms with Crippen molar-refractivity contribution in [1.82, 2.24) is 9.97 Å². The van der Waals surface area contributed by atoms with Crippen LogP contribution in [0.1, 0.15) is 37.4 Å². The van der Waals surface area contributed by atoms with Gasteiger partial charge in [0.05, 0.1) is 17.0 Å². The SMILES string of the molecule is FC(F)(F)C1CCCCC1c1nc2ccc(Br)cc2[nH]1. The minimum atomic E-state index is -4.15. The average Bonchev–Trinajstić information content (AvgIpc) is 2.80. The van der Waals surface area contributed by atoms with Gasteiger partial charge in [-0.1, -0.05) is 28.8 Å². The fraction of sp³-hybridized carbons (Fsp3) is 0.500. The summed E-state index contributed by atoms with van der Waals surface area (Å²) in [6.45, 7) is 0. The highest BCUT2D eigenvalue weighted by Crippen LogP contribution is 2.45. The second-order valence-electron chi connectivity index (χ2n) is 5.32. The topological polar surface area (TPSA) is 28.7 Å². The molecule has 1 fully saturated rings. The van der Waals surface area contributed by atoms with E-state index in [9.17, 15) is 13.2 Å². The quantitative estimate of drug-likeness (QED) is 0.758. The first-order chi connectivity index (χ1) is 9.45. The molecule has 0 radical (unpaired) electrons. The molecule has 1 aromatic heterocycles. The fourth-order valence-corrected chi connectivity index (χ4v) is 3.39. The van der Waals surface area contributed by atoms with E-state index in [0.29, 0.717) is 18.7 Å². The summed E-state index contributed by atoms with van der Waals surface area (Å²) in [6, 6.07) is 5.50. The van der Waals surface area contributed by atoms with Gasteiger partial charge in [0, 0.05) is 10.4 Å². The van der Waals surface area contributed by atoms with Crippen molar-refractivity contribution in [3.8, 4) is 0 Å². The van der Waals surface area contributed by atoms with Crippen LogP contribution in [0.2, 0.25) is 0 Å². The van der Waals surface area contributed by atoms with Crippen LogP contribution in [0.4, 0.5) is 13.2 Å². The predicted octanol–water partition coefficient (Wildman–Crippen LogP) is 5.16. The van der Waals surface area contributed by atoms with Crippen molar-refractivity contribution in [3.05, 3.63) is 28.5 Å². The fourth-order valence-electron chi connectivity index (χ4n) is 3.03. The molecule has 0 spiro atoms. The molecule has 0 amide bonds. The van der Waals surface area contributed by atoms with Crippen molar-refractivity contribution in [2.75, 3.05) is 0 Å². The Kier molecular flexibility index (Phi) is 3.52. The van der Waals surface area contributed by atoms with Crippen LogP contribution in [0.25, 0.3) is 11.0 Å². The van der Waals surface area contributed by atoms with E-state index in [1.165, 1.54) is 0 Å². The smallest absolute Gasteiger partial charge is 0.342 e. The van der Waals surface area contributed by atoms with Gasteiger partial charge in [0.15, 0.2) is 0 Å². The minimum Gasteiger partial charge on any atom is -0.342 e. The number of imidazole rings is 1. The number of benzene rings is 1. The number of alkyl halides is 3. The van der Waals surface area contributed by atoms with Crippen molar-refractivity contribution in [3.63, 3.8) is 0 Å². The number of fused-ring (bicyclic) bond motifs is 1. The first kappa shape index (κ1) is 13.9. The van der Waals surface area contributed by atoms with Gasteiger partial charge in [-0.3, -0.25) is 0 Å². The zero-order valence-corrected chi connectivity index (χ0v) is 12.3. The van der Waals surface area contributed by atoms with Gasteiger partial charge in [-0.05, 0) is 31.0 Å². The Balaban J connectivity index is 1.99. The van der Waals surface area contributed by atoms with Crippen molar-refractivity contribution >= 4 is 27.0 Å². The molecule has 1 saturated carbocycles. The highest BCUT2D eigenvalue weighted by atomic mass is 79.9. The van der Waals surface area contributed by atoms with E-state index in [1.54, 1.807) is 0 Å². The lowest BCUT2D eigenvalue weighted by Crippen LogP contribution is -2.32. The molecule has 2 aromatic rings. The molecule has 20 heavy (non-hydrogen) atoms. The Morgan fingerprint density at radius 3 is 2.70 bits per heavy atom. The Morgan fingerprint density at radius 2 is 1.95 bits per heavy atom. The molecule has 0 aliphatic heterocycles. The Morgan fingerprint density at radius 1 is 1.20 bits per heavy atom. The molecule has 1 heterocycles. The Hall–Kier alpha value is -1.04. The zero-order valence-electron chi connectivity index (χ0n) is 10.7. The summed E-state index contributed by atoms with van der Waals surface area (Å²) in [5.74, 6) is -1.35. The molecule has 1 aliphatic carbocycles. The van der Waals surface area contributed by atoms with Gasteiger partial charge in [0.25, 0.3) is 0 Å². The van der Waals surface area contributed by atoms with Crippen LogP contribution in [-0.2, 0) is 0 Å². The molecule has 2 nitrogen and oxygen atoms in total. The zero-order chi connectivity index (χ0) is 14.3. The van der Waals surface area contributed by atoms with Crippen LogP contribution < -0.4 is 0 Å². The van der Waals surface area contributed by atoms with Gasteiger partial charge < -0.3 is 4.98 Å². The molecular formula is C14H14BrF3N2. The normalized spacial score (nSPS) is 24.2. The highest BCUT2D eigenvalue weighted by Gasteiger charge is 2.46.